The van der Waals surface area contributed by atoms with Gasteiger partial charge in [0.2, 0.25) is 17.7 Å². The van der Waals surface area contributed by atoms with Crippen molar-refractivity contribution >= 4 is 58.1 Å². The van der Waals surface area contributed by atoms with Gasteiger partial charge in [0.25, 0.3) is 11.8 Å². The van der Waals surface area contributed by atoms with Crippen LogP contribution in [0.4, 0.5) is 41.7 Å². The van der Waals surface area contributed by atoms with Crippen molar-refractivity contribution in [3.8, 4) is 0 Å². The fourth-order valence-electron chi connectivity index (χ4n) is 10.1. The molecule has 7 heterocycles. The molecule has 5 saturated heterocycles. The van der Waals surface area contributed by atoms with Crippen LogP contribution in [0.3, 0.4) is 0 Å². The molecule has 3 aromatic rings. The summed E-state index contributed by atoms with van der Waals surface area (Å²) < 4.78 is 40.5. The fraction of sp³-hybridized carbons (Fsp3) is 0.477. The smallest absolute Gasteiger partial charge is 0.372 e. The summed E-state index contributed by atoms with van der Waals surface area (Å²) in [6.07, 6.45) is 1.50. The monoisotopic (exact) mass is 837 g/mol. The van der Waals surface area contributed by atoms with E-state index in [0.29, 0.717) is 48.9 Å². The number of fused-ring (bicyclic) bond motifs is 1. The molecule has 1 unspecified atom stereocenters. The Hall–Kier alpha value is -6.02. The number of carbonyl (C=O) groups excluding carboxylic acids is 5. The standard InChI is InChI=1S/C44H46F3N9O5/c1-48-35-6-3-30(21-34(35)44(45,46)47)53-16-11-28(12-17-53)39(58)50-37-8-4-31(22-49-37)55-15-10-27(24-55)23-52-25-43(26-52)13-18-54(19-14-43)29-2-5-32-33(20-29)42(61)56(41(32)60)36-7-9-38(57)51-40(36)59/h2-6,8,20-22,27-28,36H,7,9-19,23-26H2,(H,49,50,58)(H,51,57,59)/t27-,36?/m0/s1. The maximum absolute atomic E-state index is 13.5. The highest BCUT2D eigenvalue weighted by atomic mass is 19.4. The highest BCUT2D eigenvalue weighted by molar-refractivity contribution is 6.23. The summed E-state index contributed by atoms with van der Waals surface area (Å²) in [5.41, 5.74) is 1.78. The van der Waals surface area contributed by atoms with Crippen molar-refractivity contribution in [1.29, 1.82) is 0 Å². The van der Waals surface area contributed by atoms with Crippen LogP contribution in [0.25, 0.3) is 4.85 Å². The number of piperidine rings is 3. The van der Waals surface area contributed by atoms with Gasteiger partial charge in [-0.2, -0.15) is 13.2 Å². The number of hydrogen-bond donors (Lipinski definition) is 2. The Bertz CT molecular complexity index is 2310. The molecule has 318 valence electrons. The number of alkyl halides is 3. The van der Waals surface area contributed by atoms with E-state index >= 15 is 0 Å². The normalized spacial score (nSPS) is 23.2. The second-order valence-electron chi connectivity index (χ2n) is 17.4. The average Bonchev–Trinajstić information content (AvgIpc) is 3.81. The number of pyridine rings is 1. The lowest BCUT2D eigenvalue weighted by molar-refractivity contribution is -0.137. The number of likely N-dealkylation sites (tertiary alicyclic amines) is 1. The minimum absolute atomic E-state index is 0.0827. The number of nitrogens with one attached hydrogen (secondary N) is 2. The fourth-order valence-corrected chi connectivity index (χ4v) is 10.1. The van der Waals surface area contributed by atoms with E-state index in [1.54, 1.807) is 18.3 Å². The SMILES string of the molecule is [C-]#[N+]c1ccc(N2CCC(C(=O)Nc3ccc(N4CC[C@@H](CN5CC6(CCN(c7ccc8c(c7)C(=O)N(C7CCC(=O)NC7=O)C8=O)CC6)C5)C4)cn3)CC2)cc1C(F)(F)F. The van der Waals surface area contributed by atoms with E-state index in [4.69, 9.17) is 6.57 Å². The van der Waals surface area contributed by atoms with Crippen LogP contribution in [-0.4, -0.2) is 109 Å². The molecule has 0 radical (unpaired) electrons. The number of halogens is 3. The summed E-state index contributed by atoms with van der Waals surface area (Å²) in [5.74, 6) is -1.46. The number of imide groups is 2. The first kappa shape index (κ1) is 40.4. The van der Waals surface area contributed by atoms with Crippen molar-refractivity contribution in [3.05, 3.63) is 82.8 Å². The summed E-state index contributed by atoms with van der Waals surface area (Å²) >= 11 is 0. The lowest BCUT2D eigenvalue weighted by Crippen LogP contribution is -2.61. The Morgan fingerprint density at radius 3 is 2.20 bits per heavy atom. The van der Waals surface area contributed by atoms with E-state index in [-0.39, 0.29) is 35.6 Å². The van der Waals surface area contributed by atoms with Crippen LogP contribution in [0.2, 0.25) is 0 Å². The van der Waals surface area contributed by atoms with Crippen molar-refractivity contribution in [2.24, 2.45) is 17.3 Å². The minimum atomic E-state index is -4.62. The molecule has 1 spiro atoms. The molecule has 6 aliphatic heterocycles. The topological polar surface area (TPSA) is 143 Å². The molecule has 0 aliphatic carbocycles. The van der Waals surface area contributed by atoms with Crippen LogP contribution in [0.5, 0.6) is 0 Å². The van der Waals surface area contributed by atoms with Gasteiger partial charge in [-0.1, -0.05) is 6.07 Å². The third-order valence-corrected chi connectivity index (χ3v) is 13.5. The van der Waals surface area contributed by atoms with Gasteiger partial charge in [-0.3, -0.25) is 34.2 Å². The number of carbonyl (C=O) groups is 5. The zero-order chi connectivity index (χ0) is 42.6. The highest BCUT2D eigenvalue weighted by Gasteiger charge is 2.47. The number of anilines is 4. The third kappa shape index (κ3) is 7.89. The molecular formula is C44H46F3N9O5. The van der Waals surface area contributed by atoms with Gasteiger partial charge in [0.05, 0.1) is 35.1 Å². The van der Waals surface area contributed by atoms with Crippen molar-refractivity contribution < 1.29 is 37.1 Å². The third-order valence-electron chi connectivity index (χ3n) is 13.5. The molecular weight excluding hydrogens is 792 g/mol. The van der Waals surface area contributed by atoms with Crippen molar-refractivity contribution in [2.75, 3.05) is 78.9 Å². The Morgan fingerprint density at radius 2 is 1.51 bits per heavy atom. The van der Waals surface area contributed by atoms with Crippen LogP contribution in [0.15, 0.2) is 54.7 Å². The van der Waals surface area contributed by atoms with E-state index in [9.17, 15) is 37.1 Å². The Morgan fingerprint density at radius 1 is 0.836 bits per heavy atom. The predicted octanol–water partition coefficient (Wildman–Crippen LogP) is 5.34. The van der Waals surface area contributed by atoms with Crippen LogP contribution in [-0.2, 0) is 20.6 Å². The number of amides is 5. The first-order valence-corrected chi connectivity index (χ1v) is 21.0. The van der Waals surface area contributed by atoms with E-state index in [1.807, 2.05) is 23.1 Å². The lowest BCUT2D eigenvalue weighted by atomic mass is 9.71. The molecule has 5 fully saturated rings. The van der Waals surface area contributed by atoms with Gasteiger partial charge in [0.1, 0.15) is 11.9 Å². The second-order valence-corrected chi connectivity index (χ2v) is 17.4. The van der Waals surface area contributed by atoms with Gasteiger partial charge in [-0.25, -0.2) is 9.83 Å². The lowest BCUT2D eigenvalue weighted by Gasteiger charge is -2.55. The first-order chi connectivity index (χ1) is 29.3. The van der Waals surface area contributed by atoms with Crippen molar-refractivity contribution in [2.45, 2.75) is 57.2 Å². The molecule has 0 saturated carbocycles. The Labute approximate surface area is 350 Å². The Balaban J connectivity index is 0.705. The van der Waals surface area contributed by atoms with Crippen molar-refractivity contribution in [1.82, 2.24) is 20.1 Å². The number of aromatic nitrogens is 1. The van der Waals surface area contributed by atoms with Gasteiger partial charge >= 0.3 is 6.18 Å². The molecule has 0 bridgehead atoms. The minimum Gasteiger partial charge on any atom is -0.372 e. The van der Waals surface area contributed by atoms with Gasteiger partial charge in [0, 0.05) is 82.6 Å². The molecule has 17 heteroatoms. The summed E-state index contributed by atoms with van der Waals surface area (Å²) in [5, 5.41) is 5.16. The molecule has 61 heavy (non-hydrogen) atoms. The van der Waals surface area contributed by atoms with Gasteiger partial charge in [-0.15, -0.1) is 0 Å². The maximum Gasteiger partial charge on any atom is 0.407 e. The van der Waals surface area contributed by atoms with E-state index in [1.165, 1.54) is 12.1 Å². The summed E-state index contributed by atoms with van der Waals surface area (Å²) in [6, 6.07) is 11.9. The predicted molar refractivity (Wildman–Crippen MR) is 219 cm³/mol. The molecule has 5 amide bonds. The number of rotatable bonds is 8. The number of nitrogens with zero attached hydrogens (tertiary/aromatic N) is 7. The van der Waals surface area contributed by atoms with Gasteiger partial charge in [-0.05, 0) is 92.3 Å². The van der Waals surface area contributed by atoms with E-state index in [0.717, 1.165) is 87.4 Å². The van der Waals surface area contributed by atoms with E-state index in [2.05, 4.69) is 35.2 Å². The quantitative estimate of drug-likeness (QED) is 0.226. The largest absolute Gasteiger partial charge is 0.407 e. The van der Waals surface area contributed by atoms with Crippen molar-refractivity contribution in [3.63, 3.8) is 0 Å². The zero-order valence-electron chi connectivity index (χ0n) is 33.5. The van der Waals surface area contributed by atoms with Crippen LogP contribution in [0, 0.1) is 23.8 Å². The van der Waals surface area contributed by atoms with Crippen LogP contribution >= 0.6 is 0 Å². The molecule has 2 N–H and O–H groups in total. The van der Waals surface area contributed by atoms with Crippen LogP contribution in [0.1, 0.15) is 71.2 Å². The molecule has 1 aromatic heterocycles. The molecule has 14 nitrogen and oxygen atoms in total. The molecule has 9 rings (SSSR count). The second kappa shape index (κ2) is 15.8. The highest BCUT2D eigenvalue weighted by Crippen LogP contribution is 2.43. The summed E-state index contributed by atoms with van der Waals surface area (Å²) in [4.78, 5) is 81.2. The number of benzene rings is 2. The summed E-state index contributed by atoms with van der Waals surface area (Å²) in [7, 11) is 0. The van der Waals surface area contributed by atoms with Crippen LogP contribution < -0.4 is 25.3 Å². The first-order valence-electron chi connectivity index (χ1n) is 21.0. The average molecular weight is 838 g/mol. The zero-order valence-corrected chi connectivity index (χ0v) is 33.5. The molecule has 2 aromatic carbocycles. The summed E-state index contributed by atoms with van der Waals surface area (Å²) in [6.45, 7) is 14.6. The number of hydrogen-bond acceptors (Lipinski definition) is 10. The Kier molecular flexibility index (Phi) is 10.5. The van der Waals surface area contributed by atoms with Gasteiger partial charge in [0.15, 0.2) is 5.69 Å². The molecule has 6 aliphatic rings. The maximum atomic E-state index is 13.5. The van der Waals surface area contributed by atoms with Gasteiger partial charge < -0.3 is 24.9 Å². The molecule has 2 atom stereocenters. The van der Waals surface area contributed by atoms with E-state index < -0.39 is 47.1 Å².